The quantitative estimate of drug-likeness (QED) is 0.252. The summed E-state index contributed by atoms with van der Waals surface area (Å²) in [5, 5.41) is 0. The van der Waals surface area contributed by atoms with Gasteiger partial charge in [-0.3, -0.25) is 9.97 Å². The molecule has 1 aromatic carbocycles. The van der Waals surface area contributed by atoms with Crippen molar-refractivity contribution >= 4 is 0 Å². The molecule has 0 saturated heterocycles. The summed E-state index contributed by atoms with van der Waals surface area (Å²) in [4.78, 5) is 8.97. The Balaban J connectivity index is 0.000000782. The van der Waals surface area contributed by atoms with Crippen LogP contribution < -0.4 is 24.0 Å². The van der Waals surface area contributed by atoms with Crippen molar-refractivity contribution in [3.63, 3.8) is 0 Å². The molecule has 0 radical (unpaired) electrons. The Morgan fingerprint density at radius 3 is 1.32 bits per heavy atom. The average Bonchev–Trinajstić information content (AvgIpc) is 2.63. The van der Waals surface area contributed by atoms with Gasteiger partial charge in [0.1, 0.15) is 0 Å². The fourth-order valence-electron chi connectivity index (χ4n) is 2.42. The van der Waals surface area contributed by atoms with Gasteiger partial charge in [-0.25, -0.2) is 0 Å². The SMILES string of the molecule is CC(C)(C)c1ccnc(-c2cc(C(C)(C)C)ccn2)c1.[I-].[Pd+2].[c-]1ccccc1. The number of benzene rings is 1. The molecule has 28 heavy (non-hydrogen) atoms. The molecule has 4 heteroatoms. The Kier molecular flexibility index (Phi) is 11.3. The molecular weight excluding hydrogens is 550 g/mol. The third-order valence-corrected chi connectivity index (χ3v) is 4.12. The third kappa shape index (κ3) is 8.51. The van der Waals surface area contributed by atoms with Gasteiger partial charge in [0.2, 0.25) is 0 Å². The molecule has 0 aliphatic rings. The van der Waals surface area contributed by atoms with Gasteiger partial charge >= 0.3 is 20.4 Å². The minimum atomic E-state index is 0. The molecule has 152 valence electrons. The van der Waals surface area contributed by atoms with E-state index in [2.05, 4.69) is 81.8 Å². The first-order valence-corrected chi connectivity index (χ1v) is 9.02. The monoisotopic (exact) mass is 578 g/mol. The molecule has 0 N–H and O–H groups in total. The number of pyridine rings is 2. The van der Waals surface area contributed by atoms with E-state index in [0.29, 0.717) is 0 Å². The van der Waals surface area contributed by atoms with Gasteiger partial charge in [-0.1, -0.05) is 41.5 Å². The van der Waals surface area contributed by atoms with E-state index in [1.807, 2.05) is 42.7 Å². The molecule has 2 aromatic heterocycles. The first-order chi connectivity index (χ1) is 12.2. The van der Waals surface area contributed by atoms with Crippen LogP contribution in [0.25, 0.3) is 11.4 Å². The van der Waals surface area contributed by atoms with E-state index in [4.69, 9.17) is 0 Å². The average molecular weight is 579 g/mol. The Morgan fingerprint density at radius 1 is 0.679 bits per heavy atom. The number of hydrogen-bond donors (Lipinski definition) is 0. The number of halogens is 1. The zero-order valence-electron chi connectivity index (χ0n) is 17.4. The smallest absolute Gasteiger partial charge is 1.00 e. The summed E-state index contributed by atoms with van der Waals surface area (Å²) in [7, 11) is 0. The number of aromatic nitrogens is 2. The van der Waals surface area contributed by atoms with Crippen molar-refractivity contribution in [1.82, 2.24) is 9.97 Å². The van der Waals surface area contributed by atoms with Gasteiger partial charge in [-0.05, 0) is 46.2 Å². The molecule has 0 unspecified atom stereocenters. The van der Waals surface area contributed by atoms with Gasteiger partial charge in [-0.15, -0.1) is 0 Å². The van der Waals surface area contributed by atoms with Crippen LogP contribution in [0, 0.1) is 6.07 Å². The van der Waals surface area contributed by atoms with E-state index >= 15 is 0 Å². The maximum atomic E-state index is 4.48. The van der Waals surface area contributed by atoms with Crippen LogP contribution in [0.4, 0.5) is 0 Å². The van der Waals surface area contributed by atoms with E-state index in [0.717, 1.165) is 11.4 Å². The van der Waals surface area contributed by atoms with Crippen molar-refractivity contribution in [3.8, 4) is 11.4 Å². The second kappa shape index (κ2) is 11.8. The van der Waals surface area contributed by atoms with Crippen LogP contribution in [0.5, 0.6) is 0 Å². The molecule has 2 nitrogen and oxygen atoms in total. The summed E-state index contributed by atoms with van der Waals surface area (Å²) < 4.78 is 0. The molecule has 0 aliphatic carbocycles. The van der Waals surface area contributed by atoms with Crippen molar-refractivity contribution in [2.75, 3.05) is 0 Å². The van der Waals surface area contributed by atoms with Gasteiger partial charge in [0.05, 0.1) is 11.4 Å². The summed E-state index contributed by atoms with van der Waals surface area (Å²) in [6.45, 7) is 13.3. The van der Waals surface area contributed by atoms with Crippen LogP contribution >= 0.6 is 0 Å². The van der Waals surface area contributed by atoms with Crippen LogP contribution in [0.15, 0.2) is 67.0 Å². The predicted molar refractivity (Wildman–Crippen MR) is 110 cm³/mol. The first-order valence-electron chi connectivity index (χ1n) is 9.02. The van der Waals surface area contributed by atoms with Crippen molar-refractivity contribution < 1.29 is 44.4 Å². The fraction of sp³-hybridized carbons (Fsp3) is 0.333. The Bertz CT molecular complexity index is 740. The molecule has 0 aliphatic heterocycles. The van der Waals surface area contributed by atoms with Gasteiger partial charge in [0.15, 0.2) is 0 Å². The van der Waals surface area contributed by atoms with Gasteiger partial charge in [0.25, 0.3) is 0 Å². The summed E-state index contributed by atoms with van der Waals surface area (Å²) in [6, 6.07) is 21.0. The molecule has 0 saturated carbocycles. The largest absolute Gasteiger partial charge is 2.00 e. The predicted octanol–water partition coefficient (Wildman–Crippen LogP) is 3.23. The summed E-state index contributed by atoms with van der Waals surface area (Å²) in [5.74, 6) is 0. The van der Waals surface area contributed by atoms with Gasteiger partial charge < -0.3 is 24.0 Å². The molecule has 0 amide bonds. The number of rotatable bonds is 1. The zero-order chi connectivity index (χ0) is 19.2. The molecule has 0 atom stereocenters. The van der Waals surface area contributed by atoms with E-state index < -0.39 is 0 Å². The van der Waals surface area contributed by atoms with E-state index in [-0.39, 0.29) is 55.2 Å². The van der Waals surface area contributed by atoms with E-state index in [1.165, 1.54) is 11.1 Å². The van der Waals surface area contributed by atoms with Crippen LogP contribution in [-0.4, -0.2) is 9.97 Å². The number of hydrogen-bond acceptors (Lipinski definition) is 2. The van der Waals surface area contributed by atoms with Crippen LogP contribution in [-0.2, 0) is 31.3 Å². The van der Waals surface area contributed by atoms with Crippen molar-refractivity contribution in [1.29, 1.82) is 0 Å². The second-order valence-electron chi connectivity index (χ2n) is 8.44. The molecule has 2 heterocycles. The van der Waals surface area contributed by atoms with Gasteiger partial charge in [0, 0.05) is 12.4 Å². The van der Waals surface area contributed by atoms with Crippen molar-refractivity contribution in [2.45, 2.75) is 52.4 Å². The minimum absolute atomic E-state index is 0. The molecule has 3 rings (SSSR count). The maximum absolute atomic E-state index is 4.48. The standard InChI is InChI=1S/C18H24N2.C6H5.HI.Pd/c1-17(2,3)13-7-9-19-15(11-13)16-12-14(8-10-20-16)18(4,5)6;1-2-4-6-5-3-1;;/h7-12H,1-6H3;1-5H;1H;/q;-1;;+2/p-1. The number of nitrogens with zero attached hydrogens (tertiary/aromatic N) is 2. The molecule has 3 aromatic rings. The topological polar surface area (TPSA) is 25.8 Å². The maximum Gasteiger partial charge on any atom is 2.00 e. The minimum Gasteiger partial charge on any atom is -1.00 e. The first kappa shape index (κ1) is 26.9. The molecular formula is C24H29IN2Pd. The summed E-state index contributed by atoms with van der Waals surface area (Å²) in [6.07, 6.45) is 3.75. The molecule has 0 spiro atoms. The third-order valence-electron chi connectivity index (χ3n) is 4.12. The van der Waals surface area contributed by atoms with Crippen LogP contribution in [0.2, 0.25) is 0 Å². The Labute approximate surface area is 201 Å². The van der Waals surface area contributed by atoms with Crippen molar-refractivity contribution in [2.24, 2.45) is 0 Å². The zero-order valence-corrected chi connectivity index (χ0v) is 21.2. The van der Waals surface area contributed by atoms with Crippen molar-refractivity contribution in [3.05, 3.63) is 84.2 Å². The van der Waals surface area contributed by atoms with Crippen LogP contribution in [0.3, 0.4) is 0 Å². The second-order valence-corrected chi connectivity index (χ2v) is 8.44. The Morgan fingerprint density at radius 2 is 1.07 bits per heavy atom. The molecule has 0 fully saturated rings. The normalized spacial score (nSPS) is 10.6. The molecule has 0 bridgehead atoms. The Hall–Kier alpha value is -1.09. The van der Waals surface area contributed by atoms with Gasteiger partial charge in [-0.2, -0.15) is 36.4 Å². The fourth-order valence-corrected chi connectivity index (χ4v) is 2.42. The summed E-state index contributed by atoms with van der Waals surface area (Å²) in [5.41, 5.74) is 4.71. The van der Waals surface area contributed by atoms with E-state index in [1.54, 1.807) is 0 Å². The summed E-state index contributed by atoms with van der Waals surface area (Å²) >= 11 is 0. The van der Waals surface area contributed by atoms with Crippen LogP contribution in [0.1, 0.15) is 52.7 Å². The van der Waals surface area contributed by atoms with E-state index in [9.17, 15) is 0 Å².